The van der Waals surface area contributed by atoms with E-state index in [1.165, 1.54) is 18.2 Å². The quantitative estimate of drug-likeness (QED) is 0.480. The molecular weight excluding hydrogens is 438 g/mol. The summed E-state index contributed by atoms with van der Waals surface area (Å²) in [7, 11) is 0. The van der Waals surface area contributed by atoms with Crippen molar-refractivity contribution in [2.24, 2.45) is 0 Å². The summed E-state index contributed by atoms with van der Waals surface area (Å²) in [6, 6.07) is 13.6. The van der Waals surface area contributed by atoms with Crippen molar-refractivity contribution in [3.05, 3.63) is 64.1 Å². The molecule has 5 nitrogen and oxygen atoms in total. The number of para-hydroxylation sites is 1. The van der Waals surface area contributed by atoms with E-state index in [0.29, 0.717) is 21.5 Å². The van der Waals surface area contributed by atoms with E-state index in [1.807, 2.05) is 61.2 Å². The molecule has 0 aromatic heterocycles. The maximum atomic E-state index is 13.7. The summed E-state index contributed by atoms with van der Waals surface area (Å²) in [5.41, 5.74) is 5.06. The van der Waals surface area contributed by atoms with Gasteiger partial charge in [-0.1, -0.05) is 60.7 Å². The summed E-state index contributed by atoms with van der Waals surface area (Å²) < 4.78 is 0.464. The number of nitrogens with zero attached hydrogens (tertiary/aromatic N) is 3. The van der Waals surface area contributed by atoms with Gasteiger partial charge in [0.2, 0.25) is 0 Å². The van der Waals surface area contributed by atoms with Crippen LogP contribution in [0.25, 0.3) is 5.57 Å². The van der Waals surface area contributed by atoms with Crippen LogP contribution in [0.15, 0.2) is 47.4 Å². The molecule has 3 aliphatic rings. The van der Waals surface area contributed by atoms with Crippen molar-refractivity contribution in [3.63, 3.8) is 0 Å². The van der Waals surface area contributed by atoms with Crippen LogP contribution in [0, 0.1) is 13.8 Å². The van der Waals surface area contributed by atoms with Crippen molar-refractivity contribution in [3.8, 4) is 0 Å². The van der Waals surface area contributed by atoms with Crippen LogP contribution in [0.2, 0.25) is 0 Å². The van der Waals surface area contributed by atoms with E-state index in [0.717, 1.165) is 54.0 Å². The smallest absolute Gasteiger partial charge is 0.271 e. The van der Waals surface area contributed by atoms with E-state index >= 15 is 0 Å². The minimum Gasteiger partial charge on any atom is -0.294 e. The van der Waals surface area contributed by atoms with E-state index < -0.39 is 0 Å². The van der Waals surface area contributed by atoms with E-state index in [2.05, 4.69) is 4.90 Å². The number of carbonyl (C=O) groups is 2. The SMILES string of the molecule is Cc1cccc(N2C(=O)C(=C3C(=O)N(CN4CCCCC4)c4ccccc43)SC2=S)c1C. The zero-order chi connectivity index (χ0) is 22.4. The second kappa shape index (κ2) is 8.46. The largest absolute Gasteiger partial charge is 0.294 e. The van der Waals surface area contributed by atoms with Gasteiger partial charge in [-0.15, -0.1) is 0 Å². The highest BCUT2D eigenvalue weighted by atomic mass is 32.2. The summed E-state index contributed by atoms with van der Waals surface area (Å²) in [5.74, 6) is -0.329. The molecule has 5 rings (SSSR count). The third-order valence-corrected chi connectivity index (χ3v) is 7.90. The highest BCUT2D eigenvalue weighted by Crippen LogP contribution is 2.46. The number of rotatable bonds is 3. The Morgan fingerprint density at radius 3 is 2.41 bits per heavy atom. The van der Waals surface area contributed by atoms with Gasteiger partial charge in [-0.05, 0) is 63.0 Å². The highest BCUT2D eigenvalue weighted by molar-refractivity contribution is 8.27. The number of amides is 2. The van der Waals surface area contributed by atoms with Crippen LogP contribution < -0.4 is 9.80 Å². The van der Waals surface area contributed by atoms with Gasteiger partial charge < -0.3 is 0 Å². The van der Waals surface area contributed by atoms with Gasteiger partial charge in [-0.2, -0.15) is 0 Å². The first-order valence-electron chi connectivity index (χ1n) is 11.0. The second-order valence-electron chi connectivity index (χ2n) is 8.50. The molecule has 0 radical (unpaired) electrons. The van der Waals surface area contributed by atoms with Crippen molar-refractivity contribution in [1.82, 2.24) is 4.90 Å². The maximum Gasteiger partial charge on any atom is 0.271 e. The Kier molecular flexibility index (Phi) is 5.65. The fourth-order valence-electron chi connectivity index (χ4n) is 4.65. The molecular formula is C25H25N3O2S2. The predicted molar refractivity (Wildman–Crippen MR) is 135 cm³/mol. The molecule has 7 heteroatoms. The number of benzene rings is 2. The molecule has 0 aliphatic carbocycles. The standard InChI is InChI=1S/C25H25N3O2S2/c1-16-9-8-12-19(17(16)2)28-24(30)22(32-25(28)31)21-18-10-4-5-11-20(18)27(23(21)29)15-26-13-6-3-7-14-26/h4-5,8-12H,3,6-7,13-15H2,1-2H3. The molecule has 0 N–H and O–H groups in total. The van der Waals surface area contributed by atoms with Crippen molar-refractivity contribution < 1.29 is 9.59 Å². The first-order valence-corrected chi connectivity index (χ1v) is 12.2. The molecule has 32 heavy (non-hydrogen) atoms. The van der Waals surface area contributed by atoms with Crippen LogP contribution in [0.1, 0.15) is 36.0 Å². The van der Waals surface area contributed by atoms with Crippen molar-refractivity contribution in [2.75, 3.05) is 29.6 Å². The lowest BCUT2D eigenvalue weighted by Gasteiger charge is -2.30. The number of piperidine rings is 1. The lowest BCUT2D eigenvalue weighted by Crippen LogP contribution is -2.42. The van der Waals surface area contributed by atoms with Gasteiger partial charge in [0.25, 0.3) is 11.8 Å². The maximum absolute atomic E-state index is 13.7. The van der Waals surface area contributed by atoms with Crippen molar-refractivity contribution in [2.45, 2.75) is 33.1 Å². The summed E-state index contributed by atoms with van der Waals surface area (Å²) in [6.07, 6.45) is 3.56. The Balaban J connectivity index is 1.55. The number of aryl methyl sites for hydroxylation is 1. The van der Waals surface area contributed by atoms with E-state index in [9.17, 15) is 9.59 Å². The average Bonchev–Trinajstić information content (AvgIpc) is 3.23. The van der Waals surface area contributed by atoms with Gasteiger partial charge in [0.1, 0.15) is 0 Å². The first kappa shape index (κ1) is 21.4. The second-order valence-corrected chi connectivity index (χ2v) is 10.1. The Hall–Kier alpha value is -2.48. The molecule has 0 spiro atoms. The molecule has 3 aliphatic heterocycles. The molecule has 2 aromatic carbocycles. The predicted octanol–water partition coefficient (Wildman–Crippen LogP) is 4.87. The van der Waals surface area contributed by atoms with Crippen LogP contribution >= 0.6 is 24.0 Å². The summed E-state index contributed by atoms with van der Waals surface area (Å²) >= 11 is 6.84. The average molecular weight is 464 g/mol. The number of anilines is 2. The lowest BCUT2D eigenvalue weighted by molar-refractivity contribution is -0.115. The zero-order valence-electron chi connectivity index (χ0n) is 18.3. The van der Waals surface area contributed by atoms with Crippen molar-refractivity contribution >= 4 is 57.1 Å². The van der Waals surface area contributed by atoms with E-state index in [1.54, 1.807) is 4.90 Å². The highest BCUT2D eigenvalue weighted by Gasteiger charge is 2.43. The zero-order valence-corrected chi connectivity index (χ0v) is 19.9. The van der Waals surface area contributed by atoms with Crippen molar-refractivity contribution in [1.29, 1.82) is 0 Å². The first-order chi connectivity index (χ1) is 15.5. The fourth-order valence-corrected chi connectivity index (χ4v) is 6.00. The van der Waals surface area contributed by atoms with Gasteiger partial charge >= 0.3 is 0 Å². The monoisotopic (exact) mass is 463 g/mol. The number of likely N-dealkylation sites (tertiary alicyclic amines) is 1. The topological polar surface area (TPSA) is 43.9 Å². The minimum atomic E-state index is -0.216. The number of carbonyl (C=O) groups excluding carboxylic acids is 2. The number of hydrogen-bond donors (Lipinski definition) is 0. The van der Waals surface area contributed by atoms with Gasteiger partial charge in [0.15, 0.2) is 4.32 Å². The van der Waals surface area contributed by atoms with Gasteiger partial charge in [-0.3, -0.25) is 24.3 Å². The molecule has 0 atom stereocenters. The number of fused-ring (bicyclic) bond motifs is 1. The molecule has 2 saturated heterocycles. The molecule has 2 aromatic rings. The van der Waals surface area contributed by atoms with Crippen LogP contribution in [-0.2, 0) is 9.59 Å². The molecule has 2 fully saturated rings. The third kappa shape index (κ3) is 3.49. The summed E-state index contributed by atoms with van der Waals surface area (Å²) in [4.78, 5) is 33.4. The Bertz CT molecular complexity index is 1170. The molecule has 3 heterocycles. The summed E-state index contributed by atoms with van der Waals surface area (Å²) in [5, 5.41) is 0. The van der Waals surface area contributed by atoms with E-state index in [-0.39, 0.29) is 11.8 Å². The Morgan fingerprint density at radius 1 is 0.906 bits per heavy atom. The van der Waals surface area contributed by atoms with Crippen LogP contribution in [-0.4, -0.2) is 40.8 Å². The molecule has 0 unspecified atom stereocenters. The van der Waals surface area contributed by atoms with Crippen LogP contribution in [0.3, 0.4) is 0 Å². The lowest BCUT2D eigenvalue weighted by atomic mass is 10.1. The third-order valence-electron chi connectivity index (χ3n) is 6.53. The van der Waals surface area contributed by atoms with Crippen LogP contribution in [0.5, 0.6) is 0 Å². The van der Waals surface area contributed by atoms with Gasteiger partial charge in [0.05, 0.1) is 28.5 Å². The van der Waals surface area contributed by atoms with E-state index in [4.69, 9.17) is 12.2 Å². The molecule has 0 saturated carbocycles. The molecule has 164 valence electrons. The Labute approximate surface area is 198 Å². The van der Waals surface area contributed by atoms with Gasteiger partial charge in [-0.25, -0.2) is 0 Å². The molecule has 2 amide bonds. The number of hydrogen-bond acceptors (Lipinski definition) is 5. The number of thiocarbonyl (C=S) groups is 1. The summed E-state index contributed by atoms with van der Waals surface area (Å²) in [6.45, 7) is 6.56. The fraction of sp³-hybridized carbons (Fsp3) is 0.320. The Morgan fingerprint density at radius 2 is 1.62 bits per heavy atom. The van der Waals surface area contributed by atoms with Crippen LogP contribution in [0.4, 0.5) is 11.4 Å². The molecule has 0 bridgehead atoms. The minimum absolute atomic E-state index is 0.113. The normalized spacial score (nSPS) is 21.6. The number of thioether (sulfide) groups is 1. The van der Waals surface area contributed by atoms with Gasteiger partial charge in [0, 0.05) is 5.56 Å².